The zero-order valence-corrected chi connectivity index (χ0v) is 26.3. The molecule has 0 aliphatic carbocycles. The number of esters is 2. The number of carbonyl (C=O) groups excluding carboxylic acids is 4. The molecule has 0 spiro atoms. The predicted octanol–water partition coefficient (Wildman–Crippen LogP) is 8.89. The Morgan fingerprint density at radius 1 is 0.347 bits per heavy atom. The van der Waals surface area contributed by atoms with Gasteiger partial charge in [-0.3, -0.25) is 9.59 Å². The van der Waals surface area contributed by atoms with Crippen LogP contribution in [0.15, 0.2) is 158 Å². The van der Waals surface area contributed by atoms with Crippen LogP contribution in [0, 0.1) is 0 Å². The van der Waals surface area contributed by atoms with Crippen molar-refractivity contribution in [3.63, 3.8) is 0 Å². The molecule has 0 aliphatic heterocycles. The number of ether oxygens (including phenoxy) is 3. The molecule has 0 heterocycles. The van der Waals surface area contributed by atoms with Gasteiger partial charge >= 0.3 is 11.9 Å². The number of Topliss-reactive ketones (excluding diaryl/α,β-unsaturated/α-hetero) is 2. The maximum Gasteiger partial charge on any atom is 0.338 e. The third kappa shape index (κ3) is 8.41. The van der Waals surface area contributed by atoms with Crippen LogP contribution in [0.1, 0.15) is 41.4 Å². The lowest BCUT2D eigenvalue weighted by Gasteiger charge is -2.09. The molecule has 0 N–H and O–H groups in total. The van der Waals surface area contributed by atoms with E-state index >= 15 is 0 Å². The van der Waals surface area contributed by atoms with Crippen molar-refractivity contribution >= 4 is 23.5 Å². The topological polar surface area (TPSA) is 96.0 Å². The first kappa shape index (κ1) is 32.3. The van der Waals surface area contributed by atoms with Crippen molar-refractivity contribution < 1.29 is 33.4 Å². The van der Waals surface area contributed by atoms with Gasteiger partial charge in [0, 0.05) is 11.1 Å². The second kappa shape index (κ2) is 15.3. The summed E-state index contributed by atoms with van der Waals surface area (Å²) in [5.41, 5.74) is 5.50. The fourth-order valence-electron chi connectivity index (χ4n) is 5.01. The molecular weight excluding hydrogens is 616 g/mol. The Bertz CT molecular complexity index is 1900. The second-order valence-electron chi connectivity index (χ2n) is 11.0. The zero-order valence-electron chi connectivity index (χ0n) is 26.3. The Hall–Kier alpha value is -6.60. The molecule has 7 nitrogen and oxygen atoms in total. The minimum atomic E-state index is -0.633. The maximum atomic E-state index is 12.6. The third-order valence-electron chi connectivity index (χ3n) is 7.71. The molecule has 0 saturated heterocycles. The van der Waals surface area contributed by atoms with Crippen LogP contribution in [0.3, 0.4) is 0 Å². The standard InChI is InChI=1S/C42H30O7/c43-39(33-15-11-31(12-16-33)29-7-3-1-4-8-29)27-47-41(45)35-19-23-37(24-20-35)49-38-25-21-36(22-26-38)42(46)48-28-40(44)34-17-13-32(14-18-34)30-9-5-2-6-10-30/h1-26H,27-28H2. The summed E-state index contributed by atoms with van der Waals surface area (Å²) < 4.78 is 16.3. The van der Waals surface area contributed by atoms with Gasteiger partial charge in [0.25, 0.3) is 0 Å². The first-order chi connectivity index (χ1) is 23.9. The van der Waals surface area contributed by atoms with Crippen LogP contribution in [0.2, 0.25) is 0 Å². The molecule has 6 aromatic carbocycles. The smallest absolute Gasteiger partial charge is 0.338 e. The molecule has 6 rings (SSSR count). The summed E-state index contributed by atoms with van der Waals surface area (Å²) in [4.78, 5) is 50.3. The van der Waals surface area contributed by atoms with Crippen LogP contribution >= 0.6 is 0 Å². The van der Waals surface area contributed by atoms with Gasteiger partial charge in [-0.15, -0.1) is 0 Å². The van der Waals surface area contributed by atoms with Gasteiger partial charge in [-0.2, -0.15) is 0 Å². The molecule has 0 radical (unpaired) electrons. The lowest BCUT2D eigenvalue weighted by atomic mass is 10.0. The highest BCUT2D eigenvalue weighted by Gasteiger charge is 2.14. The minimum absolute atomic E-state index is 0.263. The van der Waals surface area contributed by atoms with Gasteiger partial charge in [-0.25, -0.2) is 9.59 Å². The molecule has 49 heavy (non-hydrogen) atoms. The summed E-state index contributed by atoms with van der Waals surface area (Å²) in [6, 6.07) is 46.5. The molecule has 6 aromatic rings. The molecule has 0 atom stereocenters. The maximum absolute atomic E-state index is 12.6. The van der Waals surface area contributed by atoms with Crippen molar-refractivity contribution in [2.45, 2.75) is 0 Å². The van der Waals surface area contributed by atoms with E-state index in [9.17, 15) is 19.2 Å². The van der Waals surface area contributed by atoms with E-state index in [4.69, 9.17) is 14.2 Å². The number of hydrogen-bond donors (Lipinski definition) is 0. The molecule has 0 aromatic heterocycles. The Morgan fingerprint density at radius 2 is 0.653 bits per heavy atom. The molecule has 0 unspecified atom stereocenters. The Kier molecular flexibility index (Phi) is 10.1. The van der Waals surface area contributed by atoms with Crippen LogP contribution in [0.4, 0.5) is 0 Å². The highest BCUT2D eigenvalue weighted by molar-refractivity contribution is 6.00. The molecule has 0 amide bonds. The number of rotatable bonds is 12. The van der Waals surface area contributed by atoms with Crippen LogP contribution < -0.4 is 4.74 Å². The van der Waals surface area contributed by atoms with Crippen molar-refractivity contribution in [3.8, 4) is 33.8 Å². The molecule has 7 heteroatoms. The van der Waals surface area contributed by atoms with Gasteiger partial charge in [-0.1, -0.05) is 109 Å². The zero-order chi connectivity index (χ0) is 34.0. The fourth-order valence-corrected chi connectivity index (χ4v) is 5.01. The predicted molar refractivity (Wildman–Crippen MR) is 186 cm³/mol. The van der Waals surface area contributed by atoms with Crippen LogP contribution in [-0.2, 0) is 9.47 Å². The summed E-state index contributed by atoms with van der Waals surface area (Å²) in [5.74, 6) is -0.977. The van der Waals surface area contributed by atoms with Crippen molar-refractivity contribution in [1.82, 2.24) is 0 Å². The average molecular weight is 647 g/mol. The molecule has 0 fully saturated rings. The Morgan fingerprint density at radius 3 is 1.00 bits per heavy atom. The van der Waals surface area contributed by atoms with Gasteiger partial charge in [0.05, 0.1) is 11.1 Å². The highest BCUT2D eigenvalue weighted by atomic mass is 16.5. The van der Waals surface area contributed by atoms with E-state index < -0.39 is 11.9 Å². The van der Waals surface area contributed by atoms with Crippen molar-refractivity contribution in [2.75, 3.05) is 13.2 Å². The van der Waals surface area contributed by atoms with E-state index in [-0.39, 0.29) is 35.9 Å². The largest absolute Gasteiger partial charge is 0.457 e. The van der Waals surface area contributed by atoms with Gasteiger partial charge in [0.1, 0.15) is 11.5 Å². The Labute approximate surface area is 283 Å². The lowest BCUT2D eigenvalue weighted by molar-refractivity contribution is 0.0472. The van der Waals surface area contributed by atoms with Crippen molar-refractivity contribution in [1.29, 1.82) is 0 Å². The Balaban J connectivity index is 0.952. The summed E-state index contributed by atoms with van der Waals surface area (Å²) in [6.07, 6.45) is 0. The number of hydrogen-bond acceptors (Lipinski definition) is 7. The first-order valence-corrected chi connectivity index (χ1v) is 15.5. The molecule has 0 aliphatic rings. The monoisotopic (exact) mass is 646 g/mol. The lowest BCUT2D eigenvalue weighted by Crippen LogP contribution is -2.14. The summed E-state index contributed by atoms with van der Waals surface area (Å²) in [7, 11) is 0. The average Bonchev–Trinajstić information content (AvgIpc) is 3.17. The minimum Gasteiger partial charge on any atom is -0.457 e. The number of ketones is 2. The van der Waals surface area contributed by atoms with E-state index in [1.807, 2.05) is 84.9 Å². The van der Waals surface area contributed by atoms with Crippen molar-refractivity contribution in [3.05, 3.63) is 180 Å². The molecule has 0 bridgehead atoms. The highest BCUT2D eigenvalue weighted by Crippen LogP contribution is 2.24. The first-order valence-electron chi connectivity index (χ1n) is 15.5. The third-order valence-corrected chi connectivity index (χ3v) is 7.71. The molecule has 0 saturated carbocycles. The van der Waals surface area contributed by atoms with Gasteiger partial charge in [0.15, 0.2) is 24.8 Å². The fraction of sp³-hybridized carbons (Fsp3) is 0.0476. The quantitative estimate of drug-likeness (QED) is 0.0968. The molecular formula is C42H30O7. The van der Waals surface area contributed by atoms with Crippen LogP contribution in [-0.4, -0.2) is 36.7 Å². The summed E-state index contributed by atoms with van der Waals surface area (Å²) in [6.45, 7) is -0.765. The molecule has 240 valence electrons. The van der Waals surface area contributed by atoms with E-state index in [2.05, 4.69) is 0 Å². The van der Waals surface area contributed by atoms with E-state index in [0.717, 1.165) is 22.3 Å². The number of carbonyl (C=O) groups is 4. The van der Waals surface area contributed by atoms with E-state index in [1.54, 1.807) is 48.5 Å². The van der Waals surface area contributed by atoms with E-state index in [1.165, 1.54) is 24.3 Å². The van der Waals surface area contributed by atoms with E-state index in [0.29, 0.717) is 22.6 Å². The van der Waals surface area contributed by atoms with Gasteiger partial charge in [-0.05, 0) is 70.8 Å². The van der Waals surface area contributed by atoms with Crippen LogP contribution in [0.5, 0.6) is 11.5 Å². The second-order valence-corrected chi connectivity index (χ2v) is 11.0. The SMILES string of the molecule is O=C(COC(=O)c1ccc(Oc2ccc(C(=O)OCC(=O)c3ccc(-c4ccccc4)cc3)cc2)cc1)c1ccc(-c2ccccc2)cc1. The van der Waals surface area contributed by atoms with Gasteiger partial charge < -0.3 is 14.2 Å². The normalized spacial score (nSPS) is 10.5. The van der Waals surface area contributed by atoms with Gasteiger partial charge in [0.2, 0.25) is 0 Å². The summed E-state index contributed by atoms with van der Waals surface area (Å²) >= 11 is 0. The summed E-state index contributed by atoms with van der Waals surface area (Å²) in [5, 5.41) is 0. The van der Waals surface area contributed by atoms with Crippen molar-refractivity contribution in [2.24, 2.45) is 0 Å². The number of benzene rings is 6. The van der Waals surface area contributed by atoms with Crippen LogP contribution in [0.25, 0.3) is 22.3 Å².